The Morgan fingerprint density at radius 3 is 2.28 bits per heavy atom. The van der Waals surface area contributed by atoms with Gasteiger partial charge in [-0.15, -0.1) is 11.3 Å². The number of alkyl halides is 3. The van der Waals surface area contributed by atoms with E-state index >= 15 is 0 Å². The van der Waals surface area contributed by atoms with E-state index in [1.165, 1.54) is 35.6 Å². The molecule has 0 bridgehead atoms. The highest BCUT2D eigenvalue weighted by Crippen LogP contribution is 2.28. The second-order valence-corrected chi connectivity index (χ2v) is 7.31. The molecule has 2 aromatic rings. The van der Waals surface area contributed by atoms with Crippen molar-refractivity contribution < 1.29 is 32.7 Å². The molecule has 1 unspecified atom stereocenters. The number of hydrogen-bond donors (Lipinski definition) is 3. The zero-order chi connectivity index (χ0) is 21.4. The van der Waals surface area contributed by atoms with Gasteiger partial charge >= 0.3 is 12.1 Å². The molecule has 29 heavy (non-hydrogen) atoms. The van der Waals surface area contributed by atoms with Crippen molar-refractivity contribution in [2.24, 2.45) is 0 Å². The minimum absolute atomic E-state index is 0.00554. The van der Waals surface area contributed by atoms with E-state index in [1.54, 1.807) is 17.4 Å². The molecule has 2 amide bonds. The van der Waals surface area contributed by atoms with Gasteiger partial charge in [0.1, 0.15) is 6.54 Å². The number of hydrogen-bond acceptors (Lipinski definition) is 4. The molecular formula is C19H19F3N2O4S. The molecule has 1 aromatic heterocycles. The normalized spacial score (nSPS) is 12.2. The van der Waals surface area contributed by atoms with Crippen LogP contribution >= 0.6 is 11.3 Å². The summed E-state index contributed by atoms with van der Waals surface area (Å²) in [5, 5.41) is 15.3. The lowest BCUT2D eigenvalue weighted by Gasteiger charge is -2.13. The van der Waals surface area contributed by atoms with Crippen LogP contribution in [0.5, 0.6) is 0 Å². The third-order valence-corrected chi connectivity index (χ3v) is 4.92. The van der Waals surface area contributed by atoms with E-state index in [9.17, 15) is 27.6 Å². The number of amides is 2. The van der Waals surface area contributed by atoms with E-state index in [4.69, 9.17) is 5.11 Å². The van der Waals surface area contributed by atoms with E-state index in [2.05, 4.69) is 5.32 Å². The number of halogens is 3. The summed E-state index contributed by atoms with van der Waals surface area (Å²) in [4.78, 5) is 35.6. The summed E-state index contributed by atoms with van der Waals surface area (Å²) in [6, 6.07) is 9.68. The minimum atomic E-state index is -4.47. The van der Waals surface area contributed by atoms with Crippen LogP contribution in [0, 0.1) is 0 Å². The number of carbonyl (C=O) groups excluding carboxylic acids is 2. The van der Waals surface area contributed by atoms with Gasteiger partial charge in [0.2, 0.25) is 11.8 Å². The molecule has 1 aromatic carbocycles. The Hall–Kier alpha value is -2.88. The molecule has 0 saturated heterocycles. The minimum Gasteiger partial charge on any atom is -0.481 e. The maximum absolute atomic E-state index is 12.3. The maximum Gasteiger partial charge on any atom is 0.405 e. The van der Waals surface area contributed by atoms with Crippen LogP contribution in [-0.2, 0) is 20.8 Å². The number of carbonyl (C=O) groups is 3. The monoisotopic (exact) mass is 428 g/mol. The molecule has 1 atom stereocenters. The predicted octanol–water partition coefficient (Wildman–Crippen LogP) is 3.56. The fourth-order valence-corrected chi connectivity index (χ4v) is 3.43. The fraction of sp³-hybridized carbons (Fsp3) is 0.316. The van der Waals surface area contributed by atoms with Gasteiger partial charge in [-0.2, -0.15) is 13.2 Å². The molecule has 3 N–H and O–H groups in total. The molecular weight excluding hydrogens is 409 g/mol. The van der Waals surface area contributed by atoms with Crippen LogP contribution in [0.3, 0.4) is 0 Å². The van der Waals surface area contributed by atoms with Gasteiger partial charge in [0, 0.05) is 22.9 Å². The van der Waals surface area contributed by atoms with Gasteiger partial charge in [-0.25, -0.2) is 0 Å². The summed E-state index contributed by atoms with van der Waals surface area (Å²) in [5.74, 6) is -2.56. The van der Waals surface area contributed by atoms with Crippen LogP contribution in [0.4, 0.5) is 18.9 Å². The zero-order valence-electron chi connectivity index (χ0n) is 15.2. The smallest absolute Gasteiger partial charge is 0.405 e. The van der Waals surface area contributed by atoms with E-state index < -0.39 is 30.5 Å². The molecule has 0 aliphatic carbocycles. The van der Waals surface area contributed by atoms with Crippen LogP contribution in [0.15, 0.2) is 41.8 Å². The second kappa shape index (κ2) is 10.1. The Morgan fingerprint density at radius 1 is 1.03 bits per heavy atom. The van der Waals surface area contributed by atoms with E-state index in [0.717, 1.165) is 4.88 Å². The van der Waals surface area contributed by atoms with Crippen molar-refractivity contribution in [2.75, 3.05) is 11.9 Å². The van der Waals surface area contributed by atoms with Gasteiger partial charge in [0.05, 0.1) is 12.8 Å². The molecule has 0 radical (unpaired) electrons. The maximum atomic E-state index is 12.3. The summed E-state index contributed by atoms with van der Waals surface area (Å²) < 4.78 is 36.3. The first-order valence-corrected chi connectivity index (χ1v) is 9.48. The molecule has 6 nitrogen and oxygen atoms in total. The van der Waals surface area contributed by atoms with Crippen molar-refractivity contribution in [1.29, 1.82) is 0 Å². The zero-order valence-corrected chi connectivity index (χ0v) is 16.0. The van der Waals surface area contributed by atoms with Gasteiger partial charge in [-0.05, 0) is 29.1 Å². The molecule has 1 heterocycles. The number of carboxylic acid groups (broad SMARTS) is 1. The largest absolute Gasteiger partial charge is 0.481 e. The van der Waals surface area contributed by atoms with Crippen LogP contribution in [0.1, 0.15) is 29.2 Å². The molecule has 0 aliphatic rings. The van der Waals surface area contributed by atoms with Gasteiger partial charge in [-0.1, -0.05) is 18.2 Å². The number of carboxylic acids is 1. The Morgan fingerprint density at radius 2 is 1.72 bits per heavy atom. The third kappa shape index (κ3) is 8.34. The van der Waals surface area contributed by atoms with Crippen molar-refractivity contribution in [3.63, 3.8) is 0 Å². The van der Waals surface area contributed by atoms with Crippen LogP contribution in [0.25, 0.3) is 0 Å². The first-order chi connectivity index (χ1) is 13.6. The lowest BCUT2D eigenvalue weighted by molar-refractivity contribution is -0.138. The number of rotatable bonds is 9. The highest BCUT2D eigenvalue weighted by molar-refractivity contribution is 7.10. The van der Waals surface area contributed by atoms with Gasteiger partial charge < -0.3 is 15.7 Å². The number of aliphatic carboxylic acids is 1. The highest BCUT2D eigenvalue weighted by atomic mass is 32.1. The summed E-state index contributed by atoms with van der Waals surface area (Å²) in [6.45, 7) is -1.39. The van der Waals surface area contributed by atoms with Crippen LogP contribution in [0.2, 0.25) is 0 Å². The fourth-order valence-electron chi connectivity index (χ4n) is 2.60. The molecule has 156 valence electrons. The highest BCUT2D eigenvalue weighted by Gasteiger charge is 2.27. The molecule has 0 spiro atoms. The number of nitrogens with one attached hydrogen (secondary N) is 2. The average molecular weight is 428 g/mol. The Balaban J connectivity index is 1.89. The molecule has 0 fully saturated rings. The number of thiophene rings is 1. The van der Waals surface area contributed by atoms with Gasteiger partial charge in [0.15, 0.2) is 0 Å². The van der Waals surface area contributed by atoms with Crippen molar-refractivity contribution in [1.82, 2.24) is 5.32 Å². The summed E-state index contributed by atoms with van der Waals surface area (Å²) >= 11 is 1.38. The first kappa shape index (κ1) is 22.4. The Bertz CT molecular complexity index is 836. The standard InChI is InChI=1S/C19H19F3N2O4S/c20-19(21,22)11-23-16(25)8-12-3-5-14(6-4-12)24-17(26)9-13(10-18(27)28)15-2-1-7-29-15/h1-7,13H,8-11H2,(H,23,25)(H,24,26)(H,27,28). The van der Waals surface area contributed by atoms with Gasteiger partial charge in [-0.3, -0.25) is 14.4 Å². The molecule has 0 saturated carbocycles. The Labute approximate surface area is 168 Å². The van der Waals surface area contributed by atoms with E-state index in [1.807, 2.05) is 5.38 Å². The summed E-state index contributed by atoms with van der Waals surface area (Å²) in [7, 11) is 0. The Kier molecular flexibility index (Phi) is 7.77. The molecule has 2 rings (SSSR count). The number of benzene rings is 1. The first-order valence-electron chi connectivity index (χ1n) is 8.60. The van der Waals surface area contributed by atoms with Crippen molar-refractivity contribution >= 4 is 34.8 Å². The van der Waals surface area contributed by atoms with Crippen molar-refractivity contribution in [2.45, 2.75) is 31.4 Å². The summed E-state index contributed by atoms with van der Waals surface area (Å²) in [5.41, 5.74) is 0.930. The third-order valence-electron chi connectivity index (χ3n) is 3.89. The van der Waals surface area contributed by atoms with Crippen LogP contribution in [-0.4, -0.2) is 35.6 Å². The topological polar surface area (TPSA) is 95.5 Å². The molecule has 0 aliphatic heterocycles. The molecule has 10 heteroatoms. The lowest BCUT2D eigenvalue weighted by Crippen LogP contribution is -2.34. The second-order valence-electron chi connectivity index (χ2n) is 6.33. The van der Waals surface area contributed by atoms with Crippen molar-refractivity contribution in [3.05, 3.63) is 52.2 Å². The SMILES string of the molecule is O=C(O)CC(CC(=O)Nc1ccc(CC(=O)NCC(F)(F)F)cc1)c1cccs1. The van der Waals surface area contributed by atoms with E-state index in [0.29, 0.717) is 11.3 Å². The van der Waals surface area contributed by atoms with Crippen LogP contribution < -0.4 is 10.6 Å². The quantitative estimate of drug-likeness (QED) is 0.569. The summed E-state index contributed by atoms with van der Waals surface area (Å²) in [6.07, 6.45) is -4.86. The average Bonchev–Trinajstić information content (AvgIpc) is 3.15. The van der Waals surface area contributed by atoms with Crippen molar-refractivity contribution in [3.8, 4) is 0 Å². The lowest BCUT2D eigenvalue weighted by atomic mass is 9.99. The predicted molar refractivity (Wildman–Crippen MR) is 102 cm³/mol. The van der Waals surface area contributed by atoms with Gasteiger partial charge in [0.25, 0.3) is 0 Å². The number of anilines is 1. The van der Waals surface area contributed by atoms with E-state index in [-0.39, 0.29) is 25.2 Å².